The number of nitrogens with zero attached hydrogens (tertiary/aromatic N) is 1. The van der Waals surface area contributed by atoms with Crippen LogP contribution in [0.5, 0.6) is 0 Å². The Hall–Kier alpha value is -0.760. The number of quaternary nitrogens is 1. The van der Waals surface area contributed by atoms with E-state index in [0.29, 0.717) is 17.4 Å². The lowest BCUT2D eigenvalue weighted by molar-refractivity contribution is -0.870. The average molecular weight is 1040 g/mol. The maximum Gasteiger partial charge on any atom is 0.472 e. The third-order valence-corrected chi connectivity index (χ3v) is 16.0. The molecule has 8 nitrogen and oxygen atoms in total. The van der Waals surface area contributed by atoms with Gasteiger partial charge in [-0.25, -0.2) is 4.57 Å². The smallest absolute Gasteiger partial charge is 0.387 e. The molecule has 0 saturated heterocycles. The predicted molar refractivity (Wildman–Crippen MR) is 314 cm³/mol. The number of hydrogen-bond acceptors (Lipinski definition) is 5. The zero-order valence-corrected chi connectivity index (χ0v) is 50.1. The van der Waals surface area contributed by atoms with Crippen LogP contribution >= 0.6 is 7.82 Å². The first-order valence-electron chi connectivity index (χ1n) is 32.1. The molecule has 0 aliphatic rings. The molecule has 1 amide bonds. The van der Waals surface area contributed by atoms with E-state index >= 15 is 0 Å². The standard InChI is InChI=1S/C63H127N2O6P/c1-6-8-10-12-14-16-18-20-22-24-26-28-29-30-31-32-33-34-35-36-37-39-41-43-45-47-49-51-53-55-57-63(67)64-61(60-71-72(68,69)70-59-58-65(3,4)5)62(66)56-54-52-50-48-46-44-42-40-38-27-25-23-21-19-17-15-13-11-9-7-2/h54,56,61-62,66H,6-53,55,57-60H2,1-5H3,(H-,64,67,68,69)/p+1/b56-54+. The fourth-order valence-corrected chi connectivity index (χ4v) is 10.7. The van der Waals surface area contributed by atoms with Crippen molar-refractivity contribution >= 4 is 13.7 Å². The summed E-state index contributed by atoms with van der Waals surface area (Å²) in [5.41, 5.74) is 0. The van der Waals surface area contributed by atoms with Gasteiger partial charge in [0.15, 0.2) is 0 Å². The summed E-state index contributed by atoms with van der Waals surface area (Å²) in [5.74, 6) is -0.168. The second-order valence-electron chi connectivity index (χ2n) is 23.5. The van der Waals surface area contributed by atoms with E-state index in [1.54, 1.807) is 6.08 Å². The second-order valence-corrected chi connectivity index (χ2v) is 25.0. The number of phosphoric ester groups is 1. The number of carbonyl (C=O) groups excluding carboxylic acids is 1. The number of likely N-dealkylation sites (N-methyl/N-ethyl adjacent to an activating group) is 1. The molecular weight excluding hydrogens is 912 g/mol. The summed E-state index contributed by atoms with van der Waals surface area (Å²) < 4.78 is 23.8. The maximum absolute atomic E-state index is 13.0. The molecule has 0 spiro atoms. The van der Waals surface area contributed by atoms with E-state index in [2.05, 4.69) is 19.2 Å². The molecule has 0 bridgehead atoms. The summed E-state index contributed by atoms with van der Waals surface area (Å²) in [4.78, 5) is 23.4. The number of nitrogens with one attached hydrogen (secondary N) is 1. The molecule has 0 radical (unpaired) electrons. The van der Waals surface area contributed by atoms with Crippen molar-refractivity contribution in [2.75, 3.05) is 40.9 Å². The minimum absolute atomic E-state index is 0.0653. The summed E-state index contributed by atoms with van der Waals surface area (Å²) >= 11 is 0. The number of rotatable bonds is 60. The Morgan fingerprint density at radius 2 is 0.736 bits per heavy atom. The highest BCUT2D eigenvalue weighted by Gasteiger charge is 2.28. The molecule has 0 saturated carbocycles. The van der Waals surface area contributed by atoms with Crippen LogP contribution in [0.25, 0.3) is 0 Å². The molecule has 0 aliphatic heterocycles. The van der Waals surface area contributed by atoms with Gasteiger partial charge in [-0.1, -0.05) is 321 Å². The van der Waals surface area contributed by atoms with E-state index in [1.807, 2.05) is 27.2 Å². The van der Waals surface area contributed by atoms with E-state index in [-0.39, 0.29) is 19.1 Å². The third kappa shape index (κ3) is 57.0. The fraction of sp³-hybridized carbons (Fsp3) is 0.952. The largest absolute Gasteiger partial charge is 0.472 e. The number of phosphoric acid groups is 1. The third-order valence-electron chi connectivity index (χ3n) is 15.0. The SMILES string of the molecule is CCCCCCCCCCCCCCCCCCCC/C=C/C(O)C(COP(=O)(O)OCC[N+](C)(C)C)NC(=O)CCCCCCCCCCCCCCCCCCCCCCCCCCCCCCCC. The summed E-state index contributed by atoms with van der Waals surface area (Å²) in [7, 11) is 1.59. The normalized spacial score (nSPS) is 13.8. The molecule has 0 rings (SSSR count). The van der Waals surface area contributed by atoms with Crippen LogP contribution in [0.15, 0.2) is 12.2 Å². The molecular formula is C63H128N2O6P+. The first kappa shape index (κ1) is 71.2. The Balaban J connectivity index is 4.05. The molecule has 9 heteroatoms. The molecule has 0 fully saturated rings. The van der Waals surface area contributed by atoms with Crippen LogP contribution in [0.4, 0.5) is 0 Å². The molecule has 0 aliphatic carbocycles. The van der Waals surface area contributed by atoms with Crippen molar-refractivity contribution < 1.29 is 32.9 Å². The van der Waals surface area contributed by atoms with Crippen LogP contribution in [0, 0.1) is 0 Å². The van der Waals surface area contributed by atoms with Crippen molar-refractivity contribution in [1.29, 1.82) is 0 Å². The Labute approximate surface area is 450 Å². The number of amides is 1. The van der Waals surface area contributed by atoms with Gasteiger partial charge < -0.3 is 19.8 Å². The van der Waals surface area contributed by atoms with Crippen molar-refractivity contribution in [3.8, 4) is 0 Å². The number of hydrogen-bond donors (Lipinski definition) is 3. The van der Waals surface area contributed by atoms with Gasteiger partial charge >= 0.3 is 7.82 Å². The van der Waals surface area contributed by atoms with Crippen molar-refractivity contribution in [2.45, 2.75) is 347 Å². The van der Waals surface area contributed by atoms with E-state index < -0.39 is 20.0 Å². The van der Waals surface area contributed by atoms with Crippen molar-refractivity contribution in [3.05, 3.63) is 12.2 Å². The van der Waals surface area contributed by atoms with Gasteiger partial charge in [0, 0.05) is 6.42 Å². The Morgan fingerprint density at radius 3 is 1.03 bits per heavy atom. The van der Waals surface area contributed by atoms with Gasteiger partial charge in [-0.2, -0.15) is 0 Å². The average Bonchev–Trinajstić information content (AvgIpc) is 3.34. The Bertz CT molecular complexity index is 1180. The lowest BCUT2D eigenvalue weighted by atomic mass is 10.0. The van der Waals surface area contributed by atoms with Gasteiger partial charge in [0.05, 0.1) is 39.9 Å². The summed E-state index contributed by atoms with van der Waals surface area (Å²) in [6.07, 6.45) is 69.1. The number of unbranched alkanes of at least 4 members (excludes halogenated alkanes) is 47. The van der Waals surface area contributed by atoms with Gasteiger partial charge in [-0.05, 0) is 19.3 Å². The van der Waals surface area contributed by atoms with Crippen LogP contribution in [-0.4, -0.2) is 73.4 Å². The van der Waals surface area contributed by atoms with Gasteiger partial charge in [0.2, 0.25) is 5.91 Å². The van der Waals surface area contributed by atoms with Gasteiger partial charge in [-0.15, -0.1) is 0 Å². The monoisotopic (exact) mass is 1040 g/mol. The summed E-state index contributed by atoms with van der Waals surface area (Å²) in [6.45, 7) is 4.88. The number of aliphatic hydroxyl groups is 1. The highest BCUT2D eigenvalue weighted by atomic mass is 31.2. The molecule has 0 heterocycles. The first-order chi connectivity index (χ1) is 35.0. The van der Waals surface area contributed by atoms with Crippen LogP contribution in [0.2, 0.25) is 0 Å². The van der Waals surface area contributed by atoms with Gasteiger partial charge in [0.1, 0.15) is 13.2 Å². The van der Waals surface area contributed by atoms with Crippen molar-refractivity contribution in [1.82, 2.24) is 5.32 Å². The molecule has 0 aromatic heterocycles. The quantitative estimate of drug-likeness (QED) is 0.0243. The van der Waals surface area contributed by atoms with Crippen LogP contribution in [0.1, 0.15) is 335 Å². The molecule has 3 unspecified atom stereocenters. The summed E-state index contributed by atoms with van der Waals surface area (Å²) in [5, 5.41) is 14.0. The lowest BCUT2D eigenvalue weighted by Gasteiger charge is -2.25. The molecule has 430 valence electrons. The molecule has 0 aromatic carbocycles. The maximum atomic E-state index is 13.0. The van der Waals surface area contributed by atoms with E-state index in [4.69, 9.17) is 9.05 Å². The summed E-state index contributed by atoms with van der Waals surface area (Å²) in [6, 6.07) is -0.843. The number of carbonyl (C=O) groups is 1. The van der Waals surface area contributed by atoms with Crippen LogP contribution < -0.4 is 5.32 Å². The Morgan fingerprint density at radius 1 is 0.458 bits per heavy atom. The first-order valence-corrected chi connectivity index (χ1v) is 33.6. The molecule has 3 atom stereocenters. The predicted octanol–water partition coefficient (Wildman–Crippen LogP) is 19.8. The van der Waals surface area contributed by atoms with Crippen LogP contribution in [-0.2, 0) is 18.4 Å². The fourth-order valence-electron chi connectivity index (χ4n) is 9.99. The number of aliphatic hydroxyl groups excluding tert-OH is 1. The highest BCUT2D eigenvalue weighted by Crippen LogP contribution is 2.43. The second kappa shape index (κ2) is 55.0. The Kier molecular flexibility index (Phi) is 54.4. The lowest BCUT2D eigenvalue weighted by Crippen LogP contribution is -2.45. The van der Waals surface area contributed by atoms with Gasteiger partial charge in [-0.3, -0.25) is 13.8 Å². The number of allylic oxidation sites excluding steroid dienone is 1. The minimum atomic E-state index is -4.34. The van der Waals surface area contributed by atoms with Crippen molar-refractivity contribution in [3.63, 3.8) is 0 Å². The zero-order valence-electron chi connectivity index (χ0n) is 49.2. The molecule has 3 N–H and O–H groups in total. The van der Waals surface area contributed by atoms with E-state index in [9.17, 15) is 19.4 Å². The highest BCUT2D eigenvalue weighted by molar-refractivity contribution is 7.47. The molecule has 0 aromatic rings. The molecule has 72 heavy (non-hydrogen) atoms. The minimum Gasteiger partial charge on any atom is -0.387 e. The zero-order chi connectivity index (χ0) is 52.7. The topological polar surface area (TPSA) is 105 Å². The van der Waals surface area contributed by atoms with Gasteiger partial charge in [0.25, 0.3) is 0 Å². The van der Waals surface area contributed by atoms with Crippen LogP contribution in [0.3, 0.4) is 0 Å². The van der Waals surface area contributed by atoms with E-state index in [0.717, 1.165) is 32.1 Å². The van der Waals surface area contributed by atoms with E-state index in [1.165, 1.54) is 283 Å². The van der Waals surface area contributed by atoms with Crippen molar-refractivity contribution in [2.24, 2.45) is 0 Å².